The molecule has 0 saturated heterocycles. The van der Waals surface area contributed by atoms with Crippen LogP contribution in [0.1, 0.15) is 26.7 Å². The Kier molecular flexibility index (Phi) is 6.59. The predicted molar refractivity (Wildman–Crippen MR) is 56.3 cm³/mol. The zero-order valence-electron chi connectivity index (χ0n) is 9.18. The molecule has 7 heteroatoms. The monoisotopic (exact) mass is 241 g/mol. The summed E-state index contributed by atoms with van der Waals surface area (Å²) in [7, 11) is -4.47. The molecule has 15 heavy (non-hydrogen) atoms. The lowest BCUT2D eigenvalue weighted by Crippen LogP contribution is -2.36. The first-order valence-corrected chi connectivity index (χ1v) is 6.58. The zero-order valence-corrected chi connectivity index (χ0v) is 10.1. The highest BCUT2D eigenvalue weighted by atomic mass is 31.2. The van der Waals surface area contributed by atoms with E-state index < -0.39 is 13.1 Å². The van der Waals surface area contributed by atoms with Crippen LogP contribution in [0.2, 0.25) is 0 Å². The fourth-order valence-electron chi connectivity index (χ4n) is 1.28. The third-order valence-electron chi connectivity index (χ3n) is 1.88. The van der Waals surface area contributed by atoms with E-state index in [2.05, 4.69) is 0 Å². The molecule has 0 rings (SSSR count). The van der Waals surface area contributed by atoms with Gasteiger partial charge in [0, 0.05) is 19.6 Å². The first kappa shape index (κ1) is 15.0. The van der Waals surface area contributed by atoms with Crippen molar-refractivity contribution in [3.05, 3.63) is 0 Å². The molecular formula is C8H20NO5P. The summed E-state index contributed by atoms with van der Waals surface area (Å²) in [6.45, 7) is 4.00. The summed E-state index contributed by atoms with van der Waals surface area (Å²) in [6, 6.07) is 0. The molecule has 0 aliphatic carbocycles. The van der Waals surface area contributed by atoms with Gasteiger partial charge in [0.25, 0.3) is 5.53 Å². The summed E-state index contributed by atoms with van der Waals surface area (Å²) >= 11 is 0. The van der Waals surface area contributed by atoms with Gasteiger partial charge in [0.05, 0.1) is 0 Å². The Morgan fingerprint density at radius 1 is 1.27 bits per heavy atom. The van der Waals surface area contributed by atoms with E-state index in [1.54, 1.807) is 13.8 Å². The molecule has 0 atom stereocenters. The Morgan fingerprint density at radius 3 is 2.00 bits per heavy atom. The van der Waals surface area contributed by atoms with Gasteiger partial charge >= 0.3 is 7.60 Å². The Morgan fingerprint density at radius 2 is 1.73 bits per heavy atom. The minimum Gasteiger partial charge on any atom is -0.340 e. The second kappa shape index (κ2) is 6.58. The van der Waals surface area contributed by atoms with Crippen molar-refractivity contribution in [1.29, 1.82) is 0 Å². The second-order valence-electron chi connectivity index (χ2n) is 3.01. The van der Waals surface area contributed by atoms with Gasteiger partial charge in [-0.25, -0.2) is 0 Å². The minimum atomic E-state index is -4.47. The molecule has 0 heterocycles. The third-order valence-corrected chi connectivity index (χ3v) is 3.25. The van der Waals surface area contributed by atoms with E-state index in [-0.39, 0.29) is 19.6 Å². The molecule has 6 nitrogen and oxygen atoms in total. The summed E-state index contributed by atoms with van der Waals surface area (Å²) in [4.78, 5) is 18.5. The fraction of sp³-hybridized carbons (Fsp3) is 1.00. The summed E-state index contributed by atoms with van der Waals surface area (Å²) in [6.07, 6.45) is 0.528. The molecular weight excluding hydrogens is 221 g/mol. The largest absolute Gasteiger partial charge is 0.384 e. The molecule has 0 spiro atoms. The summed E-state index contributed by atoms with van der Waals surface area (Å²) < 4.78 is 21.5. The van der Waals surface area contributed by atoms with Gasteiger partial charge in [-0.05, 0) is 26.8 Å². The zero-order chi connectivity index (χ0) is 11.9. The minimum absolute atomic E-state index is 0.0927. The highest BCUT2D eigenvalue weighted by Crippen LogP contribution is 2.54. The maximum Gasteiger partial charge on any atom is 0.384 e. The molecule has 0 bridgehead atoms. The molecule has 0 fully saturated rings. The topological polar surface area (TPSA) is 102 Å². The van der Waals surface area contributed by atoms with Crippen LogP contribution in [-0.2, 0) is 14.0 Å². The van der Waals surface area contributed by atoms with Gasteiger partial charge in [-0.2, -0.15) is 0 Å². The van der Waals surface area contributed by atoms with Crippen LogP contribution in [0.5, 0.6) is 0 Å². The molecule has 92 valence electrons. The number of hydrogen-bond donors (Lipinski definition) is 3. The van der Waals surface area contributed by atoms with E-state index in [4.69, 9.17) is 15.2 Å². The van der Waals surface area contributed by atoms with E-state index >= 15 is 0 Å². The number of rotatable bonds is 8. The Bertz CT molecular complexity index is 211. The van der Waals surface area contributed by atoms with Crippen molar-refractivity contribution in [2.45, 2.75) is 32.2 Å². The average Bonchev–Trinajstić information content (AvgIpc) is 2.13. The van der Waals surface area contributed by atoms with Gasteiger partial charge in [0.1, 0.15) is 0 Å². The first-order chi connectivity index (χ1) is 6.93. The van der Waals surface area contributed by atoms with Gasteiger partial charge in [0.2, 0.25) is 0 Å². The third kappa shape index (κ3) is 4.18. The van der Waals surface area contributed by atoms with Crippen LogP contribution in [-0.4, -0.2) is 35.1 Å². The molecule has 0 aromatic carbocycles. The van der Waals surface area contributed by atoms with E-state index in [0.717, 1.165) is 0 Å². The molecule has 0 radical (unpaired) electrons. The molecule has 0 unspecified atom stereocenters. The van der Waals surface area contributed by atoms with Crippen molar-refractivity contribution >= 4 is 7.60 Å². The number of ether oxygens (including phenoxy) is 2. The predicted octanol–water partition coefficient (Wildman–Crippen LogP) is 0.630. The van der Waals surface area contributed by atoms with Crippen molar-refractivity contribution in [2.24, 2.45) is 5.73 Å². The van der Waals surface area contributed by atoms with Crippen molar-refractivity contribution in [3.8, 4) is 0 Å². The molecule has 0 aromatic rings. The average molecular weight is 241 g/mol. The number of hydrogen-bond acceptors (Lipinski definition) is 4. The lowest BCUT2D eigenvalue weighted by atomic mass is 10.3. The van der Waals surface area contributed by atoms with Crippen LogP contribution < -0.4 is 5.73 Å². The van der Waals surface area contributed by atoms with Crippen molar-refractivity contribution in [1.82, 2.24) is 0 Å². The van der Waals surface area contributed by atoms with Gasteiger partial charge < -0.3 is 25.0 Å². The highest BCUT2D eigenvalue weighted by molar-refractivity contribution is 7.53. The smallest absolute Gasteiger partial charge is 0.340 e. The Hall–Kier alpha value is 0.0300. The van der Waals surface area contributed by atoms with Gasteiger partial charge in [-0.15, -0.1) is 0 Å². The van der Waals surface area contributed by atoms with E-state index in [1.807, 2.05) is 0 Å². The lowest BCUT2D eigenvalue weighted by molar-refractivity contribution is -0.188. The van der Waals surface area contributed by atoms with E-state index in [1.165, 1.54) is 0 Å². The van der Waals surface area contributed by atoms with Gasteiger partial charge in [0.15, 0.2) is 0 Å². The van der Waals surface area contributed by atoms with Crippen LogP contribution in [0.25, 0.3) is 0 Å². The van der Waals surface area contributed by atoms with E-state index in [0.29, 0.717) is 13.0 Å². The Labute approximate surface area is 89.9 Å². The van der Waals surface area contributed by atoms with Crippen LogP contribution in [0.3, 0.4) is 0 Å². The summed E-state index contributed by atoms with van der Waals surface area (Å²) in [5.41, 5.74) is 3.48. The van der Waals surface area contributed by atoms with Gasteiger partial charge in [-0.1, -0.05) is 0 Å². The quantitative estimate of drug-likeness (QED) is 0.425. The molecule has 0 saturated carbocycles. The maximum atomic E-state index is 11.3. The molecule has 0 aliphatic rings. The summed E-state index contributed by atoms with van der Waals surface area (Å²) in [5, 5.41) is 0. The normalized spacial score (nSPS) is 13.1. The Balaban J connectivity index is 4.80. The van der Waals surface area contributed by atoms with Crippen molar-refractivity contribution in [2.75, 3.05) is 19.8 Å². The lowest BCUT2D eigenvalue weighted by Gasteiger charge is -2.33. The maximum absolute atomic E-state index is 11.3. The molecule has 4 N–H and O–H groups in total. The number of nitrogens with two attached hydrogens (primary N) is 1. The van der Waals surface area contributed by atoms with Crippen LogP contribution in [0.15, 0.2) is 0 Å². The van der Waals surface area contributed by atoms with Crippen LogP contribution in [0, 0.1) is 0 Å². The van der Waals surface area contributed by atoms with Crippen LogP contribution in [0.4, 0.5) is 0 Å². The molecule has 0 aromatic heterocycles. The molecule has 0 aliphatic heterocycles. The van der Waals surface area contributed by atoms with Gasteiger partial charge in [-0.3, -0.25) is 4.57 Å². The van der Waals surface area contributed by atoms with Crippen molar-refractivity contribution < 1.29 is 23.8 Å². The first-order valence-electron chi connectivity index (χ1n) is 4.97. The SMILES string of the molecule is CCOC(CCCN)(OCC)P(=O)(O)O. The van der Waals surface area contributed by atoms with Crippen LogP contribution >= 0.6 is 7.60 Å². The highest BCUT2D eigenvalue weighted by Gasteiger charge is 2.48. The van der Waals surface area contributed by atoms with E-state index in [9.17, 15) is 14.4 Å². The van der Waals surface area contributed by atoms with Crippen molar-refractivity contribution in [3.63, 3.8) is 0 Å². The molecule has 0 amide bonds. The standard InChI is InChI=1S/C8H20NO5P/c1-3-13-8(14-4-2,6-5-7-9)15(10,11)12/h3-7,9H2,1-2H3,(H2,10,11,12). The summed E-state index contributed by atoms with van der Waals surface area (Å²) in [5.74, 6) is 0. The second-order valence-corrected chi connectivity index (χ2v) is 4.78. The fourth-order valence-corrected chi connectivity index (χ4v) is 2.32.